The van der Waals surface area contributed by atoms with E-state index in [2.05, 4.69) is 10.2 Å². The number of anilines is 1. The third kappa shape index (κ3) is 4.57. The number of carbonyl (C=O) groups excluding carboxylic acids is 3. The van der Waals surface area contributed by atoms with E-state index in [1.807, 2.05) is 24.0 Å². The number of rotatable bonds is 3. The highest BCUT2D eigenvalue weighted by Gasteiger charge is 2.28. The summed E-state index contributed by atoms with van der Waals surface area (Å²) >= 11 is 1.50. The fourth-order valence-electron chi connectivity index (χ4n) is 3.73. The number of thioether (sulfide) groups is 1. The molecule has 0 aromatic heterocycles. The van der Waals surface area contributed by atoms with Gasteiger partial charge in [-0.1, -0.05) is 0 Å². The summed E-state index contributed by atoms with van der Waals surface area (Å²) < 4.78 is 5.32. The average molecular weight is 419 g/mol. The van der Waals surface area contributed by atoms with Crippen LogP contribution in [0.1, 0.15) is 17.3 Å². The van der Waals surface area contributed by atoms with E-state index in [4.69, 9.17) is 4.74 Å². The monoisotopic (exact) mass is 418 g/mol. The minimum absolute atomic E-state index is 0.0421. The second-order valence-corrected chi connectivity index (χ2v) is 8.90. The maximum Gasteiger partial charge on any atom is 0.254 e. The van der Waals surface area contributed by atoms with Gasteiger partial charge in [0.05, 0.1) is 30.7 Å². The molecule has 1 aromatic rings. The first-order valence-electron chi connectivity index (χ1n) is 10.00. The van der Waals surface area contributed by atoms with Gasteiger partial charge in [-0.15, -0.1) is 11.8 Å². The number of benzene rings is 1. The lowest BCUT2D eigenvalue weighted by molar-refractivity contribution is -0.134. The van der Waals surface area contributed by atoms with Gasteiger partial charge in [-0.3, -0.25) is 19.3 Å². The molecule has 3 aliphatic heterocycles. The number of morpholine rings is 1. The van der Waals surface area contributed by atoms with E-state index in [-0.39, 0.29) is 23.0 Å². The Balaban J connectivity index is 1.33. The van der Waals surface area contributed by atoms with Crippen molar-refractivity contribution in [1.82, 2.24) is 14.7 Å². The molecule has 156 valence electrons. The minimum atomic E-state index is -0.132. The van der Waals surface area contributed by atoms with Crippen molar-refractivity contribution < 1.29 is 19.1 Å². The molecule has 0 aliphatic carbocycles. The first kappa shape index (κ1) is 20.2. The van der Waals surface area contributed by atoms with Crippen LogP contribution in [0.4, 0.5) is 5.69 Å². The van der Waals surface area contributed by atoms with E-state index in [1.54, 1.807) is 11.0 Å². The van der Waals surface area contributed by atoms with Crippen LogP contribution in [-0.4, -0.2) is 96.7 Å². The number of fused-ring (bicyclic) bond motifs is 1. The lowest BCUT2D eigenvalue weighted by Crippen LogP contribution is -2.53. The van der Waals surface area contributed by atoms with Gasteiger partial charge in [0, 0.05) is 49.7 Å². The zero-order valence-electron chi connectivity index (χ0n) is 16.6. The van der Waals surface area contributed by atoms with Crippen molar-refractivity contribution in [3.63, 3.8) is 0 Å². The molecular weight excluding hydrogens is 392 g/mol. The number of nitrogens with zero attached hydrogens (tertiary/aromatic N) is 3. The van der Waals surface area contributed by atoms with Crippen LogP contribution in [0.5, 0.6) is 0 Å². The number of ether oxygens (including phenoxy) is 1. The SMILES string of the molecule is CC1Sc2ccc(C(=O)N3CCN(C(=O)CN4CCOCC4)CC3)cc2NC1=O. The quantitative estimate of drug-likeness (QED) is 0.780. The number of carbonyl (C=O) groups is 3. The molecule has 9 heteroatoms. The topological polar surface area (TPSA) is 82.2 Å². The molecule has 8 nitrogen and oxygen atoms in total. The number of nitrogens with one attached hydrogen (secondary N) is 1. The van der Waals surface area contributed by atoms with Crippen molar-refractivity contribution in [2.75, 3.05) is 64.3 Å². The van der Waals surface area contributed by atoms with Crippen molar-refractivity contribution in [2.24, 2.45) is 0 Å². The Morgan fingerprint density at radius 2 is 1.79 bits per heavy atom. The van der Waals surface area contributed by atoms with Crippen LogP contribution in [0, 0.1) is 0 Å². The van der Waals surface area contributed by atoms with Gasteiger partial charge in [0.15, 0.2) is 0 Å². The fourth-order valence-corrected chi connectivity index (χ4v) is 4.66. The second-order valence-electron chi connectivity index (χ2n) is 7.52. The molecule has 0 saturated carbocycles. The van der Waals surface area contributed by atoms with E-state index < -0.39 is 0 Å². The summed E-state index contributed by atoms with van der Waals surface area (Å²) in [7, 11) is 0. The van der Waals surface area contributed by atoms with E-state index in [0.29, 0.717) is 57.2 Å². The van der Waals surface area contributed by atoms with Gasteiger partial charge in [0.2, 0.25) is 11.8 Å². The Morgan fingerprint density at radius 3 is 2.52 bits per heavy atom. The summed E-state index contributed by atoms with van der Waals surface area (Å²) in [6, 6.07) is 5.46. The molecule has 3 amide bonds. The van der Waals surface area contributed by atoms with Crippen molar-refractivity contribution >= 4 is 35.2 Å². The Bertz CT molecular complexity index is 804. The molecule has 0 radical (unpaired) electrons. The van der Waals surface area contributed by atoms with Crippen LogP contribution >= 0.6 is 11.8 Å². The second kappa shape index (κ2) is 8.73. The molecule has 3 aliphatic rings. The number of hydrogen-bond acceptors (Lipinski definition) is 6. The van der Waals surface area contributed by atoms with Gasteiger partial charge in [0.25, 0.3) is 5.91 Å². The van der Waals surface area contributed by atoms with Crippen LogP contribution in [0.3, 0.4) is 0 Å². The largest absolute Gasteiger partial charge is 0.379 e. The molecule has 4 rings (SSSR count). The lowest BCUT2D eigenvalue weighted by atomic mass is 10.1. The molecular formula is C20H26N4O4S. The van der Waals surface area contributed by atoms with Gasteiger partial charge in [-0.2, -0.15) is 0 Å². The van der Waals surface area contributed by atoms with Crippen molar-refractivity contribution in [2.45, 2.75) is 17.1 Å². The van der Waals surface area contributed by atoms with Crippen LogP contribution in [-0.2, 0) is 14.3 Å². The predicted molar refractivity (Wildman–Crippen MR) is 110 cm³/mol. The van der Waals surface area contributed by atoms with Crippen LogP contribution in [0.2, 0.25) is 0 Å². The molecule has 3 heterocycles. The summed E-state index contributed by atoms with van der Waals surface area (Å²) in [5.74, 6) is 0.00656. The zero-order valence-corrected chi connectivity index (χ0v) is 17.4. The van der Waals surface area contributed by atoms with Crippen molar-refractivity contribution in [3.8, 4) is 0 Å². The number of hydrogen-bond donors (Lipinski definition) is 1. The van der Waals surface area contributed by atoms with Crippen molar-refractivity contribution in [1.29, 1.82) is 0 Å². The Labute approximate surface area is 174 Å². The molecule has 0 bridgehead atoms. The maximum atomic E-state index is 12.9. The van der Waals surface area contributed by atoms with E-state index >= 15 is 0 Å². The molecule has 29 heavy (non-hydrogen) atoms. The lowest BCUT2D eigenvalue weighted by Gasteiger charge is -2.36. The average Bonchev–Trinajstić information content (AvgIpc) is 2.74. The summed E-state index contributed by atoms with van der Waals surface area (Å²) in [5.41, 5.74) is 1.26. The predicted octanol–water partition coefficient (Wildman–Crippen LogP) is 0.736. The highest BCUT2D eigenvalue weighted by Crippen LogP contribution is 2.36. The highest BCUT2D eigenvalue weighted by atomic mass is 32.2. The van der Waals surface area contributed by atoms with E-state index in [1.165, 1.54) is 11.8 Å². The van der Waals surface area contributed by atoms with Gasteiger partial charge >= 0.3 is 0 Å². The van der Waals surface area contributed by atoms with Gasteiger partial charge in [0.1, 0.15) is 0 Å². The van der Waals surface area contributed by atoms with Crippen LogP contribution in [0.25, 0.3) is 0 Å². The molecule has 1 aromatic carbocycles. The molecule has 2 saturated heterocycles. The van der Waals surface area contributed by atoms with Crippen LogP contribution < -0.4 is 5.32 Å². The molecule has 2 fully saturated rings. The van der Waals surface area contributed by atoms with Gasteiger partial charge < -0.3 is 19.9 Å². The third-order valence-electron chi connectivity index (χ3n) is 5.54. The standard InChI is InChI=1S/C20H26N4O4S/c1-14-19(26)21-16-12-15(2-3-17(16)29-14)20(27)24-6-4-23(5-7-24)18(25)13-22-8-10-28-11-9-22/h2-3,12,14H,4-11,13H2,1H3,(H,21,26). The Kier molecular flexibility index (Phi) is 6.07. The Morgan fingerprint density at radius 1 is 1.10 bits per heavy atom. The summed E-state index contributed by atoms with van der Waals surface area (Å²) in [5, 5.41) is 2.74. The fraction of sp³-hybridized carbons (Fsp3) is 0.550. The smallest absolute Gasteiger partial charge is 0.254 e. The Hall–Kier alpha value is -2.10. The molecule has 1 unspecified atom stereocenters. The molecule has 0 spiro atoms. The summed E-state index contributed by atoms with van der Waals surface area (Å²) in [4.78, 5) is 44.1. The molecule has 1 N–H and O–H groups in total. The van der Waals surface area contributed by atoms with Gasteiger partial charge in [-0.25, -0.2) is 0 Å². The zero-order chi connectivity index (χ0) is 20.4. The van der Waals surface area contributed by atoms with E-state index in [0.717, 1.165) is 18.0 Å². The highest BCUT2D eigenvalue weighted by molar-refractivity contribution is 8.00. The maximum absolute atomic E-state index is 12.9. The van der Waals surface area contributed by atoms with Crippen molar-refractivity contribution in [3.05, 3.63) is 23.8 Å². The third-order valence-corrected chi connectivity index (χ3v) is 6.72. The first-order chi connectivity index (χ1) is 14.0. The van der Waals surface area contributed by atoms with E-state index in [9.17, 15) is 14.4 Å². The van der Waals surface area contributed by atoms with Crippen LogP contribution in [0.15, 0.2) is 23.1 Å². The van der Waals surface area contributed by atoms with Gasteiger partial charge in [-0.05, 0) is 25.1 Å². The summed E-state index contributed by atoms with van der Waals surface area (Å²) in [6.45, 7) is 7.33. The number of piperazine rings is 1. The summed E-state index contributed by atoms with van der Waals surface area (Å²) in [6.07, 6.45) is 0. The first-order valence-corrected chi connectivity index (χ1v) is 10.9. The molecule has 1 atom stereocenters. The number of amides is 3. The normalized spacial score (nSPS) is 22.8. The minimum Gasteiger partial charge on any atom is -0.379 e.